The van der Waals surface area contributed by atoms with Gasteiger partial charge in [0.25, 0.3) is 5.69 Å². The van der Waals surface area contributed by atoms with Gasteiger partial charge in [-0.3, -0.25) is 10.1 Å². The van der Waals surface area contributed by atoms with Gasteiger partial charge in [0.2, 0.25) is 0 Å². The van der Waals surface area contributed by atoms with Crippen LogP contribution in [0.1, 0.15) is 18.1 Å². The molecule has 140 valence electrons. The van der Waals surface area contributed by atoms with Crippen molar-refractivity contribution in [3.8, 4) is 0 Å². The van der Waals surface area contributed by atoms with E-state index < -0.39 is 4.92 Å². The largest absolute Gasteiger partial charge is 0.357 e. The van der Waals surface area contributed by atoms with E-state index in [1.165, 1.54) is 24.3 Å². The molecule has 0 unspecified atom stereocenters. The molecule has 2 N–H and O–H groups in total. The minimum Gasteiger partial charge on any atom is -0.357 e. The molecule has 0 bridgehead atoms. The Bertz CT molecular complexity index is 721. The summed E-state index contributed by atoms with van der Waals surface area (Å²) in [5, 5.41) is 17.0. The van der Waals surface area contributed by atoms with Gasteiger partial charge in [0.1, 0.15) is 5.82 Å². The molecule has 26 heavy (non-hydrogen) atoms. The summed E-state index contributed by atoms with van der Waals surface area (Å²) < 4.78 is 12.9. The number of nitrogens with one attached hydrogen (secondary N) is 2. The van der Waals surface area contributed by atoms with Gasteiger partial charge in [0.05, 0.1) is 11.5 Å². The van der Waals surface area contributed by atoms with Gasteiger partial charge in [-0.2, -0.15) is 0 Å². The van der Waals surface area contributed by atoms with Gasteiger partial charge in [0, 0.05) is 25.2 Å². The van der Waals surface area contributed by atoms with Crippen molar-refractivity contribution in [3.63, 3.8) is 0 Å². The molecule has 0 heterocycles. The first-order valence-corrected chi connectivity index (χ1v) is 8.08. The number of guanidine groups is 1. The molecule has 0 fully saturated rings. The SMILES string of the molecule is CCNC(=NCc1ccc([N+](=O)[O-])cc1)NCCc1ccc(F)cc1.I. The van der Waals surface area contributed by atoms with Crippen molar-refractivity contribution < 1.29 is 9.31 Å². The van der Waals surface area contributed by atoms with Gasteiger partial charge in [-0.15, -0.1) is 24.0 Å². The molecular weight excluding hydrogens is 450 g/mol. The van der Waals surface area contributed by atoms with E-state index in [1.807, 2.05) is 6.92 Å². The van der Waals surface area contributed by atoms with Gasteiger partial charge in [-0.1, -0.05) is 24.3 Å². The van der Waals surface area contributed by atoms with Crippen LogP contribution in [0.4, 0.5) is 10.1 Å². The van der Waals surface area contributed by atoms with Crippen molar-refractivity contribution in [1.29, 1.82) is 0 Å². The lowest BCUT2D eigenvalue weighted by atomic mass is 10.1. The molecule has 0 saturated heterocycles. The Morgan fingerprint density at radius 2 is 1.69 bits per heavy atom. The Morgan fingerprint density at radius 1 is 1.08 bits per heavy atom. The lowest BCUT2D eigenvalue weighted by Gasteiger charge is -2.11. The molecule has 8 heteroatoms. The number of benzene rings is 2. The predicted molar refractivity (Wildman–Crippen MR) is 111 cm³/mol. The summed E-state index contributed by atoms with van der Waals surface area (Å²) in [6.45, 7) is 3.79. The third-order valence-corrected chi connectivity index (χ3v) is 3.53. The number of nitro benzene ring substituents is 1. The first kappa shape index (κ1) is 21.8. The zero-order valence-corrected chi connectivity index (χ0v) is 16.8. The molecule has 0 aliphatic rings. The molecule has 2 rings (SSSR count). The highest BCUT2D eigenvalue weighted by atomic mass is 127. The second kappa shape index (κ2) is 11.4. The molecular formula is C18H22FIN4O2. The van der Waals surface area contributed by atoms with Crippen LogP contribution in [-0.2, 0) is 13.0 Å². The normalized spacial score (nSPS) is 10.8. The van der Waals surface area contributed by atoms with Crippen LogP contribution < -0.4 is 10.6 Å². The summed E-state index contributed by atoms with van der Waals surface area (Å²) in [7, 11) is 0. The zero-order chi connectivity index (χ0) is 18.1. The van der Waals surface area contributed by atoms with Crippen LogP contribution >= 0.6 is 24.0 Å². The fraction of sp³-hybridized carbons (Fsp3) is 0.278. The molecule has 2 aromatic rings. The number of nitrogens with zero attached hydrogens (tertiary/aromatic N) is 2. The van der Waals surface area contributed by atoms with Crippen molar-refractivity contribution in [2.45, 2.75) is 19.9 Å². The highest BCUT2D eigenvalue weighted by Crippen LogP contribution is 2.12. The molecule has 0 spiro atoms. The van der Waals surface area contributed by atoms with E-state index in [0.29, 0.717) is 19.0 Å². The van der Waals surface area contributed by atoms with E-state index in [1.54, 1.807) is 24.3 Å². The van der Waals surface area contributed by atoms with Gasteiger partial charge in [-0.05, 0) is 36.6 Å². The molecule has 0 aromatic heterocycles. The van der Waals surface area contributed by atoms with E-state index in [9.17, 15) is 14.5 Å². The summed E-state index contributed by atoms with van der Waals surface area (Å²) in [4.78, 5) is 14.7. The smallest absolute Gasteiger partial charge is 0.269 e. The maximum Gasteiger partial charge on any atom is 0.269 e. The number of non-ortho nitro benzene ring substituents is 1. The first-order valence-electron chi connectivity index (χ1n) is 8.08. The molecule has 2 aromatic carbocycles. The Hall–Kier alpha value is -2.23. The molecule has 0 aliphatic carbocycles. The minimum atomic E-state index is -0.422. The molecule has 6 nitrogen and oxygen atoms in total. The summed E-state index contributed by atoms with van der Waals surface area (Å²) in [6, 6.07) is 12.8. The van der Waals surface area contributed by atoms with Gasteiger partial charge >= 0.3 is 0 Å². The topological polar surface area (TPSA) is 79.6 Å². The highest BCUT2D eigenvalue weighted by molar-refractivity contribution is 14.0. The fourth-order valence-electron chi connectivity index (χ4n) is 2.21. The Kier molecular flexibility index (Phi) is 9.56. The summed E-state index contributed by atoms with van der Waals surface area (Å²) in [6.07, 6.45) is 0.752. The Morgan fingerprint density at radius 3 is 2.27 bits per heavy atom. The maximum absolute atomic E-state index is 12.9. The average Bonchev–Trinajstić information content (AvgIpc) is 2.61. The van der Waals surface area contributed by atoms with E-state index in [4.69, 9.17) is 0 Å². The Balaban J connectivity index is 0.00000338. The number of halogens is 2. The third-order valence-electron chi connectivity index (χ3n) is 3.53. The fourth-order valence-corrected chi connectivity index (χ4v) is 2.21. The van der Waals surface area contributed by atoms with Crippen LogP contribution in [0.2, 0.25) is 0 Å². The predicted octanol–water partition coefficient (Wildman–Crippen LogP) is 3.65. The lowest BCUT2D eigenvalue weighted by molar-refractivity contribution is -0.384. The van der Waals surface area contributed by atoms with Crippen molar-refractivity contribution in [1.82, 2.24) is 10.6 Å². The van der Waals surface area contributed by atoms with E-state index >= 15 is 0 Å². The molecule has 0 aliphatic heterocycles. The number of aliphatic imine (C=N–C) groups is 1. The molecule has 0 saturated carbocycles. The second-order valence-corrected chi connectivity index (χ2v) is 5.42. The monoisotopic (exact) mass is 472 g/mol. The highest BCUT2D eigenvalue weighted by Gasteiger charge is 2.04. The van der Waals surface area contributed by atoms with Crippen LogP contribution in [0.3, 0.4) is 0 Å². The summed E-state index contributed by atoms with van der Waals surface area (Å²) >= 11 is 0. The van der Waals surface area contributed by atoms with E-state index in [2.05, 4.69) is 15.6 Å². The van der Waals surface area contributed by atoms with Crippen LogP contribution in [0.25, 0.3) is 0 Å². The van der Waals surface area contributed by atoms with E-state index in [0.717, 1.165) is 24.1 Å². The first-order chi connectivity index (χ1) is 12.1. The zero-order valence-electron chi connectivity index (χ0n) is 14.4. The average molecular weight is 472 g/mol. The second-order valence-electron chi connectivity index (χ2n) is 5.42. The van der Waals surface area contributed by atoms with Gasteiger partial charge in [-0.25, -0.2) is 9.38 Å². The number of hydrogen-bond acceptors (Lipinski definition) is 3. The van der Waals surface area contributed by atoms with Crippen LogP contribution in [-0.4, -0.2) is 24.0 Å². The quantitative estimate of drug-likeness (QED) is 0.212. The molecule has 0 radical (unpaired) electrons. The van der Waals surface area contributed by atoms with Crippen molar-refractivity contribution in [2.24, 2.45) is 4.99 Å². The third kappa shape index (κ3) is 7.34. The molecule has 0 amide bonds. The standard InChI is InChI=1S/C18H21FN4O2.HI/c1-2-20-18(21-12-11-14-3-7-16(19)8-4-14)22-13-15-5-9-17(10-6-15)23(24)25;/h3-10H,2,11-13H2,1H3,(H2,20,21,22);1H. The van der Waals surface area contributed by atoms with Crippen LogP contribution in [0.5, 0.6) is 0 Å². The van der Waals surface area contributed by atoms with Crippen molar-refractivity contribution in [2.75, 3.05) is 13.1 Å². The summed E-state index contributed by atoms with van der Waals surface area (Å²) in [5.74, 6) is 0.428. The number of rotatable bonds is 7. The van der Waals surface area contributed by atoms with E-state index in [-0.39, 0.29) is 35.5 Å². The van der Waals surface area contributed by atoms with Crippen molar-refractivity contribution >= 4 is 35.6 Å². The van der Waals surface area contributed by atoms with Gasteiger partial charge < -0.3 is 10.6 Å². The van der Waals surface area contributed by atoms with Crippen LogP contribution in [0, 0.1) is 15.9 Å². The number of hydrogen-bond donors (Lipinski definition) is 2. The number of nitro groups is 1. The Labute approximate surface area is 169 Å². The van der Waals surface area contributed by atoms with Gasteiger partial charge in [0.15, 0.2) is 5.96 Å². The minimum absolute atomic E-state index is 0. The maximum atomic E-state index is 12.9. The molecule has 0 atom stereocenters. The lowest BCUT2D eigenvalue weighted by Crippen LogP contribution is -2.38. The van der Waals surface area contributed by atoms with Crippen LogP contribution in [0.15, 0.2) is 53.5 Å². The van der Waals surface area contributed by atoms with Crippen molar-refractivity contribution in [3.05, 3.63) is 75.6 Å². The summed E-state index contributed by atoms with van der Waals surface area (Å²) in [5.41, 5.74) is 2.00.